The monoisotopic (exact) mass is 436 g/mol. The Balaban J connectivity index is 1.39. The number of rotatable bonds is 7. The SMILES string of the molecule is CCC[SiH]1CCC(c2ccc(-c3ccc([C@H]4CC[C@H](CCC)CC4)cc3)c(F)c2)CC1. The van der Waals surface area contributed by atoms with Crippen LogP contribution in [0.4, 0.5) is 4.39 Å². The Hall–Kier alpha value is -1.41. The Bertz CT molecular complexity index is 811. The Morgan fingerprint density at radius 3 is 2.03 bits per heavy atom. The van der Waals surface area contributed by atoms with Crippen LogP contribution in [0.15, 0.2) is 42.5 Å². The molecule has 0 nitrogen and oxygen atoms in total. The average Bonchev–Trinajstić information content (AvgIpc) is 2.81. The van der Waals surface area contributed by atoms with Gasteiger partial charge >= 0.3 is 0 Å². The van der Waals surface area contributed by atoms with Gasteiger partial charge in [0.15, 0.2) is 0 Å². The first kappa shape index (κ1) is 22.8. The highest BCUT2D eigenvalue weighted by Gasteiger charge is 2.24. The topological polar surface area (TPSA) is 0 Å². The lowest BCUT2D eigenvalue weighted by molar-refractivity contribution is 0.308. The average molecular weight is 437 g/mol. The third-order valence-electron chi connectivity index (χ3n) is 8.24. The van der Waals surface area contributed by atoms with E-state index in [-0.39, 0.29) is 5.82 Å². The van der Waals surface area contributed by atoms with E-state index in [9.17, 15) is 0 Å². The van der Waals surface area contributed by atoms with Crippen molar-refractivity contribution in [1.82, 2.24) is 0 Å². The minimum Gasteiger partial charge on any atom is -0.206 e. The normalized spacial score (nSPS) is 26.7. The van der Waals surface area contributed by atoms with Crippen LogP contribution < -0.4 is 0 Å². The van der Waals surface area contributed by atoms with E-state index >= 15 is 4.39 Å². The molecule has 168 valence electrons. The fourth-order valence-electron chi connectivity index (χ4n) is 6.34. The van der Waals surface area contributed by atoms with Crippen LogP contribution in [0.5, 0.6) is 0 Å². The molecule has 0 spiro atoms. The van der Waals surface area contributed by atoms with Gasteiger partial charge in [-0.1, -0.05) is 87.6 Å². The summed E-state index contributed by atoms with van der Waals surface area (Å²) in [5.41, 5.74) is 4.46. The molecule has 2 aromatic carbocycles. The van der Waals surface area contributed by atoms with Gasteiger partial charge in [-0.25, -0.2) is 4.39 Å². The van der Waals surface area contributed by atoms with Crippen molar-refractivity contribution in [1.29, 1.82) is 0 Å². The van der Waals surface area contributed by atoms with Gasteiger partial charge in [0.25, 0.3) is 0 Å². The molecule has 0 amide bonds. The maximum Gasteiger partial charge on any atom is 0.131 e. The predicted molar refractivity (Wildman–Crippen MR) is 135 cm³/mol. The van der Waals surface area contributed by atoms with Gasteiger partial charge in [-0.3, -0.25) is 0 Å². The first-order chi connectivity index (χ1) is 15.2. The van der Waals surface area contributed by atoms with E-state index in [0.717, 1.165) is 17.0 Å². The van der Waals surface area contributed by atoms with E-state index in [0.29, 0.717) is 11.8 Å². The lowest BCUT2D eigenvalue weighted by Gasteiger charge is -2.28. The molecule has 0 bridgehead atoms. The van der Waals surface area contributed by atoms with E-state index in [1.54, 1.807) is 0 Å². The standard InChI is InChI=1S/C29H41FSi/c1-3-5-22-6-8-23(9-7-22)24-10-12-26(13-11-24)28-15-14-27(21-29(28)30)25-16-19-31(18-4-2)20-17-25/h10-15,21-23,25,31H,3-9,16-20H2,1-2H3/t22-,23-,25?,31?. The van der Waals surface area contributed by atoms with Crippen molar-refractivity contribution in [3.63, 3.8) is 0 Å². The van der Waals surface area contributed by atoms with Gasteiger partial charge in [0.1, 0.15) is 5.82 Å². The number of halogens is 1. The van der Waals surface area contributed by atoms with E-state index in [1.165, 1.54) is 87.0 Å². The van der Waals surface area contributed by atoms with E-state index in [2.05, 4.69) is 44.2 Å². The Morgan fingerprint density at radius 2 is 1.42 bits per heavy atom. The van der Waals surface area contributed by atoms with E-state index in [1.807, 2.05) is 12.1 Å². The molecule has 1 aliphatic carbocycles. The van der Waals surface area contributed by atoms with Crippen molar-refractivity contribution >= 4 is 8.80 Å². The third-order valence-corrected chi connectivity index (χ3v) is 11.9. The lowest BCUT2D eigenvalue weighted by atomic mass is 9.77. The lowest BCUT2D eigenvalue weighted by Crippen LogP contribution is -2.20. The predicted octanol–water partition coefficient (Wildman–Crippen LogP) is 9.08. The molecule has 31 heavy (non-hydrogen) atoms. The molecule has 1 saturated heterocycles. The summed E-state index contributed by atoms with van der Waals surface area (Å²) in [5.74, 6) is 2.17. The highest BCUT2D eigenvalue weighted by atomic mass is 28.3. The van der Waals surface area contributed by atoms with Gasteiger partial charge in [0, 0.05) is 14.4 Å². The summed E-state index contributed by atoms with van der Waals surface area (Å²) < 4.78 is 15.1. The molecule has 2 aromatic rings. The minimum absolute atomic E-state index is 0.0433. The van der Waals surface area contributed by atoms with Gasteiger partial charge in [0.2, 0.25) is 0 Å². The zero-order valence-corrected chi connectivity index (χ0v) is 20.9. The molecular weight excluding hydrogens is 395 g/mol. The molecule has 1 saturated carbocycles. The second-order valence-electron chi connectivity index (χ2n) is 10.4. The zero-order valence-electron chi connectivity index (χ0n) is 19.7. The Kier molecular flexibility index (Phi) is 8.04. The highest BCUT2D eigenvalue weighted by Crippen LogP contribution is 2.39. The fourth-order valence-corrected chi connectivity index (χ4v) is 9.77. The first-order valence-corrected chi connectivity index (χ1v) is 15.5. The summed E-state index contributed by atoms with van der Waals surface area (Å²) in [5, 5.41) is 0. The van der Waals surface area contributed by atoms with Crippen LogP contribution in [0.25, 0.3) is 11.1 Å². The van der Waals surface area contributed by atoms with Crippen molar-refractivity contribution in [3.05, 3.63) is 59.4 Å². The van der Waals surface area contributed by atoms with Crippen molar-refractivity contribution in [3.8, 4) is 11.1 Å². The molecule has 1 heterocycles. The van der Waals surface area contributed by atoms with Crippen LogP contribution in [-0.4, -0.2) is 8.80 Å². The molecule has 0 radical (unpaired) electrons. The highest BCUT2D eigenvalue weighted by molar-refractivity contribution is 6.59. The first-order valence-electron chi connectivity index (χ1n) is 13.1. The van der Waals surface area contributed by atoms with Gasteiger partial charge in [-0.05, 0) is 79.0 Å². The molecule has 0 aromatic heterocycles. The maximum absolute atomic E-state index is 15.1. The van der Waals surface area contributed by atoms with Crippen LogP contribution in [0, 0.1) is 11.7 Å². The summed E-state index contributed by atoms with van der Waals surface area (Å²) >= 11 is 0. The van der Waals surface area contributed by atoms with Gasteiger partial charge in [-0.2, -0.15) is 0 Å². The molecule has 0 N–H and O–H groups in total. The Labute approximate surface area is 191 Å². The Morgan fingerprint density at radius 1 is 0.774 bits per heavy atom. The second kappa shape index (κ2) is 10.9. The summed E-state index contributed by atoms with van der Waals surface area (Å²) in [6.45, 7) is 4.62. The van der Waals surface area contributed by atoms with Crippen LogP contribution in [-0.2, 0) is 0 Å². The maximum atomic E-state index is 15.1. The summed E-state index contributed by atoms with van der Waals surface area (Å²) in [4.78, 5) is 0. The van der Waals surface area contributed by atoms with E-state index < -0.39 is 8.80 Å². The van der Waals surface area contributed by atoms with Gasteiger partial charge in [-0.15, -0.1) is 0 Å². The third kappa shape index (κ3) is 5.69. The minimum atomic E-state index is -0.478. The summed E-state index contributed by atoms with van der Waals surface area (Å²) in [6.07, 6.45) is 12.0. The van der Waals surface area contributed by atoms with Crippen molar-refractivity contribution in [2.75, 3.05) is 0 Å². The molecule has 0 atom stereocenters. The van der Waals surface area contributed by atoms with Crippen molar-refractivity contribution in [2.24, 2.45) is 5.92 Å². The molecule has 1 aliphatic heterocycles. The number of hydrogen-bond acceptors (Lipinski definition) is 0. The molecule has 4 rings (SSSR count). The van der Waals surface area contributed by atoms with Crippen molar-refractivity contribution < 1.29 is 4.39 Å². The van der Waals surface area contributed by atoms with Gasteiger partial charge in [0.05, 0.1) is 0 Å². The van der Waals surface area contributed by atoms with Gasteiger partial charge < -0.3 is 0 Å². The largest absolute Gasteiger partial charge is 0.206 e. The quantitative estimate of drug-likeness (QED) is 0.380. The zero-order chi connectivity index (χ0) is 21.6. The smallest absolute Gasteiger partial charge is 0.131 e. The van der Waals surface area contributed by atoms with Crippen LogP contribution in [0.3, 0.4) is 0 Å². The summed E-state index contributed by atoms with van der Waals surface area (Å²) in [6, 6.07) is 19.3. The van der Waals surface area contributed by atoms with E-state index in [4.69, 9.17) is 0 Å². The molecule has 2 aliphatic rings. The van der Waals surface area contributed by atoms with Crippen molar-refractivity contribution in [2.45, 2.75) is 102 Å². The second-order valence-corrected chi connectivity index (χ2v) is 13.8. The number of hydrogen-bond donors (Lipinski definition) is 0. The molecule has 2 heteroatoms. The molecule has 0 unspecified atom stereocenters. The fraction of sp³-hybridized carbons (Fsp3) is 0.586. The van der Waals surface area contributed by atoms with Crippen LogP contribution >= 0.6 is 0 Å². The molecular formula is C29H41FSi. The van der Waals surface area contributed by atoms with Crippen LogP contribution in [0.1, 0.15) is 94.6 Å². The van der Waals surface area contributed by atoms with Crippen LogP contribution in [0.2, 0.25) is 18.1 Å². The summed E-state index contributed by atoms with van der Waals surface area (Å²) in [7, 11) is -0.478. The number of benzene rings is 2. The molecule has 2 fully saturated rings.